The minimum Gasteiger partial charge on any atom is -0.545 e. The standard InChI is InChI=1S/4C12H14O4.4C10H8N2.4H2O.4Zn/c4*1-12(2,3)9-5-7(10(13)14)4-8(6-9)11(15)16;4*1-3-7-11-9(5-1)10-6-2-4-8-12-10;;;;;;;;/h4*4-6H,1-3H3,(H,13,14)(H,15,16);4*1-8H;4*1H2;;;;/q;;;;;;;;;;;;4*+2/p-4. The Balaban J connectivity index is -0.000000636. The Morgan fingerprint density at radius 3 is 0.358 bits per heavy atom. The first-order valence-electron chi connectivity index (χ1n) is 34.4. The van der Waals surface area contributed by atoms with Crippen LogP contribution in [-0.2, 0) is 121 Å². The minimum atomic E-state index is -1.39. The number of aromatic carboxylic acids is 8. The van der Waals surface area contributed by atoms with E-state index in [1.807, 2.05) is 229 Å². The summed E-state index contributed by atoms with van der Waals surface area (Å²) in [7, 11) is 0. The average Bonchev–Trinajstić information content (AvgIpc) is 0.830. The Kier molecular flexibility index (Phi) is 52.5. The van der Waals surface area contributed by atoms with E-state index in [2.05, 4.69) is 39.9 Å². The van der Waals surface area contributed by atoms with Crippen LogP contribution in [0.15, 0.2) is 268 Å². The van der Waals surface area contributed by atoms with Gasteiger partial charge in [0.15, 0.2) is 0 Å². The molecular formula is C88H92N8O20Zn4+4. The van der Waals surface area contributed by atoms with Crippen molar-refractivity contribution in [1.29, 1.82) is 0 Å². The van der Waals surface area contributed by atoms with E-state index < -0.39 is 47.8 Å². The number of rotatable bonds is 12. The van der Waals surface area contributed by atoms with Gasteiger partial charge in [0.1, 0.15) is 0 Å². The van der Waals surface area contributed by atoms with E-state index in [0.29, 0.717) is 22.3 Å². The second kappa shape index (κ2) is 55.0. The maximum absolute atomic E-state index is 10.7. The van der Waals surface area contributed by atoms with Gasteiger partial charge >= 0.3 is 77.9 Å². The summed E-state index contributed by atoms with van der Waals surface area (Å²) < 4.78 is 0. The van der Waals surface area contributed by atoms with Gasteiger partial charge in [0.2, 0.25) is 0 Å². The number of benzene rings is 4. The predicted molar refractivity (Wildman–Crippen MR) is 425 cm³/mol. The van der Waals surface area contributed by atoms with Crippen molar-refractivity contribution in [1.82, 2.24) is 39.9 Å². The number of aromatic nitrogens is 8. The number of hydrogen-bond donors (Lipinski definition) is 0. The van der Waals surface area contributed by atoms with Crippen LogP contribution in [0.1, 0.15) is 188 Å². The van der Waals surface area contributed by atoms with Crippen molar-refractivity contribution in [3.05, 3.63) is 335 Å². The molecule has 12 rings (SSSR count). The molecule has 8 aromatic heterocycles. The van der Waals surface area contributed by atoms with Gasteiger partial charge in [-0.15, -0.1) is 0 Å². The average molecular weight is 1840 g/mol. The fourth-order valence-electron chi connectivity index (χ4n) is 9.30. The first-order chi connectivity index (χ1) is 52.7. The zero-order valence-corrected chi connectivity index (χ0v) is 80.5. The summed E-state index contributed by atoms with van der Waals surface area (Å²) >= 11 is 0. The zero-order valence-electron chi connectivity index (χ0n) is 68.7. The third-order valence-corrected chi connectivity index (χ3v) is 15.5. The summed E-state index contributed by atoms with van der Waals surface area (Å²) in [4.78, 5) is 119. The molecule has 8 heterocycles. The molecule has 0 aliphatic carbocycles. The molecule has 0 saturated carbocycles. The molecule has 0 fully saturated rings. The fraction of sp³-hybridized carbons (Fsp3) is 0.182. The number of carbonyl (C=O) groups is 8. The van der Waals surface area contributed by atoms with E-state index in [1.165, 1.54) is 48.5 Å². The second-order valence-corrected chi connectivity index (χ2v) is 28.2. The van der Waals surface area contributed by atoms with Crippen molar-refractivity contribution < 1.29 is 179 Å². The van der Waals surface area contributed by atoms with E-state index >= 15 is 0 Å². The zero-order chi connectivity index (χ0) is 82.9. The Labute approximate surface area is 746 Å². The quantitative estimate of drug-likeness (QED) is 0.124. The molecule has 28 nitrogen and oxygen atoms in total. The summed E-state index contributed by atoms with van der Waals surface area (Å²) in [6.45, 7) is 22.3. The molecule has 0 spiro atoms. The molecule has 4 aromatic carbocycles. The monoisotopic (exact) mass is 1840 g/mol. The van der Waals surface area contributed by atoms with Crippen molar-refractivity contribution in [2.75, 3.05) is 0 Å². The van der Waals surface area contributed by atoms with Crippen molar-refractivity contribution in [2.45, 2.75) is 105 Å². The van der Waals surface area contributed by atoms with Gasteiger partial charge in [-0.05, 0) is 258 Å². The van der Waals surface area contributed by atoms with Crippen LogP contribution < -0.4 is 40.9 Å². The van der Waals surface area contributed by atoms with E-state index in [1.54, 1.807) is 49.6 Å². The Hall–Kier alpha value is -11.8. The van der Waals surface area contributed by atoms with Crippen LogP contribution >= 0.6 is 0 Å². The number of pyridine rings is 8. The number of carbonyl (C=O) groups excluding carboxylic acids is 8. The van der Waals surface area contributed by atoms with Gasteiger partial charge in [0, 0.05) is 49.6 Å². The molecule has 32 heteroatoms. The number of carboxylic acids is 8. The fourth-order valence-corrected chi connectivity index (χ4v) is 9.30. The molecule has 0 unspecified atom stereocenters. The van der Waals surface area contributed by atoms with Gasteiger partial charge in [0.25, 0.3) is 0 Å². The summed E-state index contributed by atoms with van der Waals surface area (Å²) in [5.41, 5.74) is 7.27. The number of hydrogen-bond acceptors (Lipinski definition) is 24. The van der Waals surface area contributed by atoms with Crippen LogP contribution in [-0.4, -0.2) is 87.6 Å². The normalized spacial score (nSPS) is 9.83. The van der Waals surface area contributed by atoms with Gasteiger partial charge in [-0.2, -0.15) is 0 Å². The molecule has 0 aliphatic rings. The van der Waals surface area contributed by atoms with E-state index in [9.17, 15) is 79.2 Å². The Morgan fingerprint density at radius 1 is 0.192 bits per heavy atom. The van der Waals surface area contributed by atoms with Crippen LogP contribution in [0.4, 0.5) is 0 Å². The molecule has 0 saturated heterocycles. The van der Waals surface area contributed by atoms with Crippen molar-refractivity contribution in [2.24, 2.45) is 0 Å². The number of carboxylic acid groups (broad SMARTS) is 8. The third kappa shape index (κ3) is 39.6. The van der Waals surface area contributed by atoms with Gasteiger partial charge in [-0.25, -0.2) is 0 Å². The minimum absolute atomic E-state index is 0. The largest absolute Gasteiger partial charge is 2.00 e. The van der Waals surface area contributed by atoms with Crippen LogP contribution in [0, 0.1) is 0 Å². The van der Waals surface area contributed by atoms with E-state index in [4.69, 9.17) is 0 Å². The van der Waals surface area contributed by atoms with E-state index in [0.717, 1.165) is 69.8 Å². The maximum atomic E-state index is 10.7. The van der Waals surface area contributed by atoms with Gasteiger partial charge in [-0.1, -0.05) is 132 Å². The van der Waals surface area contributed by atoms with Crippen LogP contribution in [0.25, 0.3) is 45.6 Å². The molecule has 120 heavy (non-hydrogen) atoms. The molecule has 12 N–H and O–H groups in total. The van der Waals surface area contributed by atoms with Gasteiger partial charge < -0.3 is 101 Å². The van der Waals surface area contributed by atoms with Gasteiger partial charge in [-0.3, -0.25) is 39.9 Å². The molecular weight excluding hydrogens is 1750 g/mol. The molecule has 0 amide bonds. The van der Waals surface area contributed by atoms with Crippen molar-refractivity contribution >= 4 is 47.8 Å². The van der Waals surface area contributed by atoms with Crippen LogP contribution in [0.3, 0.4) is 0 Å². The topological polar surface area (TPSA) is 556 Å². The molecule has 0 bridgehead atoms. The van der Waals surface area contributed by atoms with Crippen molar-refractivity contribution in [3.63, 3.8) is 0 Å². The first-order valence-corrected chi connectivity index (χ1v) is 34.4. The predicted octanol–water partition coefficient (Wildman–Crippen LogP) is 3.72. The van der Waals surface area contributed by atoms with E-state index in [-0.39, 0.29) is 166 Å². The second-order valence-electron chi connectivity index (χ2n) is 28.2. The molecule has 0 atom stereocenters. The van der Waals surface area contributed by atoms with Crippen molar-refractivity contribution in [3.8, 4) is 45.6 Å². The van der Waals surface area contributed by atoms with Gasteiger partial charge in [0.05, 0.1) is 93.3 Å². The summed E-state index contributed by atoms with van der Waals surface area (Å²) in [5, 5.41) is 85.8. The molecule has 608 valence electrons. The summed E-state index contributed by atoms with van der Waals surface area (Å²) in [6.07, 6.45) is 14.1. The Morgan fingerprint density at radius 2 is 0.292 bits per heavy atom. The van der Waals surface area contributed by atoms with Crippen LogP contribution in [0.2, 0.25) is 0 Å². The molecule has 0 radical (unpaired) electrons. The SMILES string of the molecule is CC(C)(C)c1cc(C(=O)[O-])cc(C(=O)[O-])c1.CC(C)(C)c1cc(C(=O)[O-])cc(C(=O)[O-])c1.CC(C)(C)c1cc(C(=O)[O-])cc(C(=O)[O-])c1.CC(C)(C)c1cc(C(=O)[O-])cc(C(=O)[O-])c1.[OH3+].[OH3+].[OH3+].[OH3+].[Zn+2].[Zn+2].[Zn+2].[Zn+2].c1ccc(-c2ccccn2)nc1.c1ccc(-c2ccccn2)nc1.c1ccc(-c2ccccn2)nc1.c1ccc(-c2ccccn2)nc1. The number of nitrogens with zero attached hydrogens (tertiary/aromatic N) is 8. The maximum Gasteiger partial charge on any atom is 2.00 e. The first kappa shape index (κ1) is 114. The molecule has 12 aromatic rings. The Bertz CT molecular complexity index is 4200. The summed E-state index contributed by atoms with van der Waals surface area (Å²) in [6, 6.07) is 61.9. The third-order valence-electron chi connectivity index (χ3n) is 15.5. The summed E-state index contributed by atoms with van der Waals surface area (Å²) in [5.74, 6) is -11.2. The molecule has 0 aliphatic heterocycles. The smallest absolute Gasteiger partial charge is 0.545 e. The van der Waals surface area contributed by atoms with Crippen LogP contribution in [0.5, 0.6) is 0 Å².